The lowest BCUT2D eigenvalue weighted by Crippen LogP contribution is -2.26. The Labute approximate surface area is 165 Å². The number of aromatic nitrogens is 2. The van der Waals surface area contributed by atoms with Crippen LogP contribution in [-0.4, -0.2) is 27.7 Å². The molecule has 0 aliphatic heterocycles. The van der Waals surface area contributed by atoms with Crippen molar-refractivity contribution < 1.29 is 9.59 Å². The van der Waals surface area contributed by atoms with Crippen LogP contribution in [-0.2, 0) is 6.54 Å². The normalized spacial score (nSPS) is 10.8. The Morgan fingerprint density at radius 3 is 2.68 bits per heavy atom. The van der Waals surface area contributed by atoms with Gasteiger partial charge in [-0.3, -0.25) is 14.0 Å². The van der Waals surface area contributed by atoms with Crippen LogP contribution < -0.4 is 10.6 Å². The number of rotatable bonds is 8. The van der Waals surface area contributed by atoms with Gasteiger partial charge >= 0.3 is 0 Å². The highest BCUT2D eigenvalue weighted by atomic mass is 16.2. The van der Waals surface area contributed by atoms with Crippen molar-refractivity contribution in [1.29, 1.82) is 0 Å². The van der Waals surface area contributed by atoms with Gasteiger partial charge in [-0.1, -0.05) is 55.7 Å². The fourth-order valence-electron chi connectivity index (χ4n) is 3.11. The first-order chi connectivity index (χ1) is 13.6. The minimum absolute atomic E-state index is 0.210. The van der Waals surface area contributed by atoms with Crippen molar-refractivity contribution in [2.75, 3.05) is 6.54 Å². The van der Waals surface area contributed by atoms with E-state index in [2.05, 4.69) is 22.5 Å². The van der Waals surface area contributed by atoms with Crippen LogP contribution in [0.4, 0.5) is 0 Å². The summed E-state index contributed by atoms with van der Waals surface area (Å²) >= 11 is 0. The average Bonchev–Trinajstić information content (AvgIpc) is 3.09. The molecule has 6 heteroatoms. The van der Waals surface area contributed by atoms with E-state index in [1.165, 1.54) is 0 Å². The number of pyridine rings is 1. The zero-order valence-corrected chi connectivity index (χ0v) is 16.4. The molecular weight excluding hydrogens is 352 g/mol. The molecule has 2 heterocycles. The van der Waals surface area contributed by atoms with E-state index >= 15 is 0 Å². The van der Waals surface area contributed by atoms with E-state index in [-0.39, 0.29) is 23.3 Å². The van der Waals surface area contributed by atoms with E-state index < -0.39 is 0 Å². The number of unbranched alkanes of at least 4 members (excludes halogenated alkanes) is 2. The Morgan fingerprint density at radius 2 is 1.89 bits per heavy atom. The number of amides is 2. The average molecular weight is 378 g/mol. The number of hydrogen-bond acceptors (Lipinski definition) is 3. The van der Waals surface area contributed by atoms with Crippen molar-refractivity contribution >= 4 is 17.3 Å². The van der Waals surface area contributed by atoms with Crippen LogP contribution >= 0.6 is 0 Å². The van der Waals surface area contributed by atoms with Crippen molar-refractivity contribution in [3.05, 3.63) is 71.3 Å². The molecule has 0 aliphatic carbocycles. The maximum Gasteiger partial charge on any atom is 0.287 e. The largest absolute Gasteiger partial charge is 0.351 e. The SMILES string of the molecule is CCCCCNC(=O)c1nc(C(=O)NCc2cccc(C)c2)n2ccccc12. The molecule has 0 bridgehead atoms. The van der Waals surface area contributed by atoms with E-state index in [1.807, 2.05) is 43.3 Å². The molecule has 1 aromatic carbocycles. The third-order valence-corrected chi connectivity index (χ3v) is 4.57. The lowest BCUT2D eigenvalue weighted by molar-refractivity contribution is 0.0939. The first-order valence-corrected chi connectivity index (χ1v) is 9.69. The van der Waals surface area contributed by atoms with Gasteiger partial charge in [0.1, 0.15) is 0 Å². The van der Waals surface area contributed by atoms with Crippen LogP contribution in [0.2, 0.25) is 0 Å². The minimum Gasteiger partial charge on any atom is -0.351 e. The first-order valence-electron chi connectivity index (χ1n) is 9.69. The van der Waals surface area contributed by atoms with Gasteiger partial charge in [-0.2, -0.15) is 0 Å². The molecule has 146 valence electrons. The minimum atomic E-state index is -0.312. The first kappa shape index (κ1) is 19.6. The van der Waals surface area contributed by atoms with E-state index in [0.29, 0.717) is 18.6 Å². The van der Waals surface area contributed by atoms with Gasteiger partial charge in [0, 0.05) is 19.3 Å². The molecule has 0 saturated carbocycles. The van der Waals surface area contributed by atoms with Gasteiger partial charge in [-0.15, -0.1) is 0 Å². The van der Waals surface area contributed by atoms with Crippen LogP contribution in [0, 0.1) is 6.92 Å². The second kappa shape index (κ2) is 9.17. The Balaban J connectivity index is 1.77. The molecule has 0 fully saturated rings. The maximum atomic E-state index is 12.7. The van der Waals surface area contributed by atoms with Crippen LogP contribution in [0.15, 0.2) is 48.7 Å². The van der Waals surface area contributed by atoms with E-state index in [1.54, 1.807) is 16.7 Å². The number of nitrogens with one attached hydrogen (secondary N) is 2. The highest BCUT2D eigenvalue weighted by molar-refractivity contribution is 6.02. The number of fused-ring (bicyclic) bond motifs is 1. The molecule has 2 aromatic heterocycles. The van der Waals surface area contributed by atoms with Crippen LogP contribution in [0.3, 0.4) is 0 Å². The molecule has 0 spiro atoms. The summed E-state index contributed by atoms with van der Waals surface area (Å²) in [5, 5.41) is 5.79. The maximum absolute atomic E-state index is 12.7. The van der Waals surface area contributed by atoms with Crippen molar-refractivity contribution in [2.24, 2.45) is 0 Å². The number of imidazole rings is 1. The quantitative estimate of drug-likeness (QED) is 0.589. The second-order valence-electron chi connectivity index (χ2n) is 6.87. The topological polar surface area (TPSA) is 75.5 Å². The van der Waals surface area contributed by atoms with Crippen LogP contribution in [0.1, 0.15) is 58.4 Å². The van der Waals surface area contributed by atoms with Gasteiger partial charge < -0.3 is 10.6 Å². The number of aryl methyl sites for hydroxylation is 1. The molecule has 0 atom stereocenters. The molecule has 0 unspecified atom stereocenters. The van der Waals surface area contributed by atoms with Crippen LogP contribution in [0.25, 0.3) is 5.52 Å². The van der Waals surface area contributed by atoms with Gasteiger partial charge in [0.25, 0.3) is 11.8 Å². The highest BCUT2D eigenvalue weighted by Crippen LogP contribution is 2.14. The van der Waals surface area contributed by atoms with Crippen molar-refractivity contribution in [3.8, 4) is 0 Å². The fourth-order valence-corrected chi connectivity index (χ4v) is 3.11. The molecule has 0 saturated heterocycles. The van der Waals surface area contributed by atoms with Gasteiger partial charge in [0.15, 0.2) is 5.69 Å². The number of hydrogen-bond donors (Lipinski definition) is 2. The number of nitrogens with zero attached hydrogens (tertiary/aromatic N) is 2. The third-order valence-electron chi connectivity index (χ3n) is 4.57. The summed E-state index contributed by atoms with van der Waals surface area (Å²) < 4.78 is 1.66. The molecule has 3 aromatic rings. The Kier molecular flexibility index (Phi) is 6.42. The van der Waals surface area contributed by atoms with Gasteiger partial charge in [0.05, 0.1) is 5.52 Å². The fraction of sp³-hybridized carbons (Fsp3) is 0.318. The molecule has 28 heavy (non-hydrogen) atoms. The Morgan fingerprint density at radius 1 is 1.04 bits per heavy atom. The molecule has 6 nitrogen and oxygen atoms in total. The van der Waals surface area contributed by atoms with Crippen molar-refractivity contribution in [3.63, 3.8) is 0 Å². The molecular formula is C22H26N4O2. The summed E-state index contributed by atoms with van der Waals surface area (Å²) in [7, 11) is 0. The molecule has 2 amide bonds. The summed E-state index contributed by atoms with van der Waals surface area (Å²) in [6, 6.07) is 13.4. The Bertz CT molecular complexity index is 978. The monoisotopic (exact) mass is 378 g/mol. The van der Waals surface area contributed by atoms with Gasteiger partial charge in [-0.05, 0) is 31.0 Å². The summed E-state index contributed by atoms with van der Waals surface area (Å²) in [5.74, 6) is -0.354. The predicted octanol–water partition coefficient (Wildman–Crippen LogP) is 3.49. The lowest BCUT2D eigenvalue weighted by atomic mass is 10.1. The van der Waals surface area contributed by atoms with E-state index in [9.17, 15) is 9.59 Å². The summed E-state index contributed by atoms with van der Waals surface area (Å²) in [4.78, 5) is 29.6. The standard InChI is InChI=1S/C22H26N4O2/c1-3-4-6-12-23-21(27)19-18-11-5-7-13-26(18)20(25-19)22(28)24-15-17-10-8-9-16(2)14-17/h5,7-11,13-14H,3-4,6,12,15H2,1-2H3,(H,23,27)(H,24,28). The van der Waals surface area contributed by atoms with Crippen LogP contribution in [0.5, 0.6) is 0 Å². The highest BCUT2D eigenvalue weighted by Gasteiger charge is 2.21. The number of benzene rings is 1. The van der Waals surface area contributed by atoms with Gasteiger partial charge in [0.2, 0.25) is 5.82 Å². The molecule has 0 aliphatic rings. The summed E-state index contributed by atoms with van der Waals surface area (Å²) in [6.07, 6.45) is 4.83. The number of carbonyl (C=O) groups is 2. The van der Waals surface area contributed by atoms with E-state index in [4.69, 9.17) is 0 Å². The summed E-state index contributed by atoms with van der Waals surface area (Å²) in [5.41, 5.74) is 3.05. The lowest BCUT2D eigenvalue weighted by Gasteiger charge is -2.05. The third kappa shape index (κ3) is 4.57. The Hall–Kier alpha value is -3.15. The summed E-state index contributed by atoms with van der Waals surface area (Å²) in [6.45, 7) is 5.14. The second-order valence-corrected chi connectivity index (χ2v) is 6.87. The van der Waals surface area contributed by atoms with E-state index in [0.717, 1.165) is 30.4 Å². The van der Waals surface area contributed by atoms with Crippen molar-refractivity contribution in [1.82, 2.24) is 20.0 Å². The smallest absolute Gasteiger partial charge is 0.287 e. The zero-order valence-electron chi connectivity index (χ0n) is 16.4. The molecule has 3 rings (SSSR count). The zero-order chi connectivity index (χ0) is 19.9. The van der Waals surface area contributed by atoms with Gasteiger partial charge in [-0.25, -0.2) is 4.98 Å². The number of carbonyl (C=O) groups excluding carboxylic acids is 2. The predicted molar refractivity (Wildman–Crippen MR) is 109 cm³/mol. The molecule has 0 radical (unpaired) electrons. The van der Waals surface area contributed by atoms with Crippen molar-refractivity contribution in [2.45, 2.75) is 39.7 Å². The molecule has 2 N–H and O–H groups in total.